The van der Waals surface area contributed by atoms with Crippen LogP contribution in [-0.4, -0.2) is 45.7 Å². The van der Waals surface area contributed by atoms with E-state index >= 15 is 0 Å². The molecule has 1 atom stereocenters. The summed E-state index contributed by atoms with van der Waals surface area (Å²) < 4.78 is 5.31. The predicted molar refractivity (Wildman–Crippen MR) is 128 cm³/mol. The van der Waals surface area contributed by atoms with E-state index in [1.165, 1.54) is 18.2 Å². The van der Waals surface area contributed by atoms with Gasteiger partial charge in [0.1, 0.15) is 11.8 Å². The van der Waals surface area contributed by atoms with Crippen molar-refractivity contribution in [2.45, 2.75) is 43.7 Å². The number of aromatic nitrogens is 2. The van der Waals surface area contributed by atoms with Gasteiger partial charge < -0.3 is 19.9 Å². The maximum Gasteiger partial charge on any atom is 0.240 e. The first-order valence-corrected chi connectivity index (χ1v) is 11.8. The van der Waals surface area contributed by atoms with Crippen LogP contribution in [0.3, 0.4) is 0 Å². The Morgan fingerprint density at radius 3 is 2.94 bits per heavy atom. The van der Waals surface area contributed by atoms with Crippen molar-refractivity contribution in [2.24, 2.45) is 5.92 Å². The first kappa shape index (κ1) is 22.2. The lowest BCUT2D eigenvalue weighted by Crippen LogP contribution is -2.47. The van der Waals surface area contributed by atoms with E-state index in [9.17, 15) is 10.1 Å². The number of aryl methyl sites for hydroxylation is 1. The van der Waals surface area contributed by atoms with E-state index < -0.39 is 0 Å². The third-order valence-corrected chi connectivity index (χ3v) is 7.12. The summed E-state index contributed by atoms with van der Waals surface area (Å²) in [5.41, 5.74) is 2.39. The second kappa shape index (κ2) is 10.1. The number of fused-ring (bicyclic) bond motifs is 1. The van der Waals surface area contributed by atoms with E-state index in [0.29, 0.717) is 24.6 Å². The van der Waals surface area contributed by atoms with Gasteiger partial charge in [-0.2, -0.15) is 5.26 Å². The lowest BCUT2D eigenvalue weighted by atomic mass is 9.98. The fourth-order valence-corrected chi connectivity index (χ4v) is 5.14. The van der Waals surface area contributed by atoms with Crippen molar-refractivity contribution in [3.63, 3.8) is 0 Å². The number of hydrogen-bond acceptors (Lipinski definition) is 5. The van der Waals surface area contributed by atoms with Crippen molar-refractivity contribution in [1.82, 2.24) is 19.2 Å². The molecule has 1 aliphatic heterocycles. The Bertz CT molecular complexity index is 1140. The molecule has 0 bridgehead atoms. The minimum absolute atomic E-state index is 0.114. The highest BCUT2D eigenvalue weighted by molar-refractivity contribution is 7.97. The van der Waals surface area contributed by atoms with E-state index in [0.717, 1.165) is 47.3 Å². The highest BCUT2D eigenvalue weighted by Gasteiger charge is 2.27. The Balaban J connectivity index is 1.52. The largest absolute Gasteiger partial charge is 0.360 e. The average molecular weight is 449 g/mol. The number of amides is 1. The summed E-state index contributed by atoms with van der Waals surface area (Å²) in [7, 11) is 0. The number of carbonyl (C=O) groups excluding carboxylic acids is 1. The molecule has 2 aromatic heterocycles. The van der Waals surface area contributed by atoms with Gasteiger partial charge >= 0.3 is 0 Å². The van der Waals surface area contributed by atoms with Gasteiger partial charge in [-0.3, -0.25) is 4.79 Å². The molecular weight excluding hydrogens is 420 g/mol. The van der Waals surface area contributed by atoms with Gasteiger partial charge in [-0.15, -0.1) is 0 Å². The zero-order valence-electron chi connectivity index (χ0n) is 18.2. The normalized spacial score (nSPS) is 15.6. The van der Waals surface area contributed by atoms with Crippen LogP contribution in [0.2, 0.25) is 0 Å². The van der Waals surface area contributed by atoms with Gasteiger partial charge in [0, 0.05) is 59.6 Å². The smallest absolute Gasteiger partial charge is 0.240 e. The molecule has 3 N–H and O–H groups in total. The van der Waals surface area contributed by atoms with Crippen molar-refractivity contribution in [2.75, 3.05) is 13.1 Å². The van der Waals surface area contributed by atoms with Gasteiger partial charge in [0.25, 0.3) is 0 Å². The highest BCUT2D eigenvalue weighted by atomic mass is 32.2. The molecule has 7 nitrogen and oxygen atoms in total. The number of nitrogens with one attached hydrogen (secondary N) is 3. The van der Waals surface area contributed by atoms with E-state index in [1.54, 1.807) is 6.07 Å². The monoisotopic (exact) mass is 448 g/mol. The van der Waals surface area contributed by atoms with Crippen LogP contribution in [0, 0.1) is 22.7 Å². The average Bonchev–Trinajstić information content (AvgIpc) is 3.46. The summed E-state index contributed by atoms with van der Waals surface area (Å²) in [6, 6.07) is 11.4. The lowest BCUT2D eigenvalue weighted by molar-refractivity contribution is -0.134. The summed E-state index contributed by atoms with van der Waals surface area (Å²) in [4.78, 5) is 19.6. The number of aromatic amines is 1. The van der Waals surface area contributed by atoms with Gasteiger partial charge in [0.2, 0.25) is 5.91 Å². The van der Waals surface area contributed by atoms with Crippen LogP contribution in [0.4, 0.5) is 0 Å². The van der Waals surface area contributed by atoms with Gasteiger partial charge in [-0.05, 0) is 61.4 Å². The van der Waals surface area contributed by atoms with Crippen molar-refractivity contribution in [3.8, 4) is 6.07 Å². The summed E-state index contributed by atoms with van der Waals surface area (Å²) in [5, 5.41) is 18.0. The number of likely N-dealkylation sites (tertiary alicyclic amines) is 1. The Morgan fingerprint density at radius 2 is 2.19 bits per heavy atom. The zero-order valence-corrected chi connectivity index (χ0v) is 19.0. The number of H-pyrrole nitrogens is 1. The first-order chi connectivity index (χ1) is 15.6. The molecule has 0 radical (unpaired) electrons. The summed E-state index contributed by atoms with van der Waals surface area (Å²) >= 11 is 1.44. The number of hydrogen-bond donors (Lipinski definition) is 3. The third-order valence-electron chi connectivity index (χ3n) is 6.16. The molecule has 1 amide bonds. The first-order valence-electron chi connectivity index (χ1n) is 11.0. The molecule has 0 spiro atoms. The number of benzene rings is 1. The molecule has 0 aliphatic carbocycles. The fourth-order valence-electron chi connectivity index (χ4n) is 4.17. The van der Waals surface area contributed by atoms with Crippen molar-refractivity contribution >= 4 is 35.0 Å². The second-order valence-corrected chi connectivity index (χ2v) is 9.21. The molecule has 1 saturated heterocycles. The molecule has 1 aliphatic rings. The van der Waals surface area contributed by atoms with E-state index in [2.05, 4.69) is 22.7 Å². The number of carbonyl (C=O) groups is 1. The van der Waals surface area contributed by atoms with Crippen LogP contribution >= 0.6 is 11.9 Å². The zero-order chi connectivity index (χ0) is 22.5. The number of nitriles is 1. The second-order valence-electron chi connectivity index (χ2n) is 8.33. The molecule has 8 heteroatoms. The molecule has 1 unspecified atom stereocenters. The van der Waals surface area contributed by atoms with Crippen LogP contribution in [0.25, 0.3) is 10.9 Å². The number of nitrogens with zero attached hydrogens (tertiary/aromatic N) is 3. The van der Waals surface area contributed by atoms with E-state index in [1.807, 2.05) is 46.1 Å². The molecule has 3 heterocycles. The van der Waals surface area contributed by atoms with Crippen molar-refractivity contribution < 1.29 is 4.79 Å². The molecule has 166 valence electrons. The lowest BCUT2D eigenvalue weighted by Gasteiger charge is -2.33. The van der Waals surface area contributed by atoms with E-state index in [-0.39, 0.29) is 11.9 Å². The van der Waals surface area contributed by atoms with Gasteiger partial charge in [0.05, 0.1) is 6.04 Å². The molecule has 1 fully saturated rings. The summed E-state index contributed by atoms with van der Waals surface area (Å²) in [6.45, 7) is 4.41. The Hall–Kier alpha value is -3.02. The summed E-state index contributed by atoms with van der Waals surface area (Å²) in [5.74, 6) is 0.771. The van der Waals surface area contributed by atoms with Crippen molar-refractivity contribution in [1.29, 1.82) is 10.7 Å². The molecule has 4 rings (SSSR count). The molecule has 32 heavy (non-hydrogen) atoms. The van der Waals surface area contributed by atoms with Crippen LogP contribution in [-0.2, 0) is 11.3 Å². The molecule has 1 aromatic carbocycles. The quantitative estimate of drug-likeness (QED) is 0.356. The van der Waals surface area contributed by atoms with Crippen LogP contribution in [0.5, 0.6) is 0 Å². The highest BCUT2D eigenvalue weighted by Crippen LogP contribution is 2.29. The van der Waals surface area contributed by atoms with Gasteiger partial charge in [0.15, 0.2) is 0 Å². The van der Waals surface area contributed by atoms with Gasteiger partial charge in [-0.25, -0.2) is 4.72 Å². The maximum absolute atomic E-state index is 13.4. The maximum atomic E-state index is 13.4. The Labute approximate surface area is 192 Å². The number of rotatable bonds is 8. The molecule has 3 aromatic rings. The summed E-state index contributed by atoms with van der Waals surface area (Å²) in [6.07, 6.45) is 7.71. The molecular formula is C24H28N6OS. The minimum atomic E-state index is -0.375. The molecule has 0 saturated carbocycles. The van der Waals surface area contributed by atoms with E-state index in [4.69, 9.17) is 5.41 Å². The van der Waals surface area contributed by atoms with Crippen molar-refractivity contribution in [3.05, 3.63) is 54.0 Å². The van der Waals surface area contributed by atoms with Crippen LogP contribution < -0.4 is 4.72 Å². The fraction of sp³-hybridized carbons (Fsp3) is 0.375. The van der Waals surface area contributed by atoms with Gasteiger partial charge in [-0.1, -0.05) is 13.0 Å². The van der Waals surface area contributed by atoms with Crippen LogP contribution in [0.1, 0.15) is 37.4 Å². The SMILES string of the molecule is CC1CCN(C(=O)C(CCn2cccc2C#N)NSc2cccc3[nH]cc(C=N)c23)CC1. The number of piperidine rings is 1. The standard InChI is InChI=1S/C24H28N6OS/c1-17-7-11-30(12-8-17)24(31)21(9-13-29-10-3-4-19(29)15-26)28-32-22-6-2-5-20-23(22)18(14-25)16-27-20/h2-6,10,14,16-17,21,25,27-28H,7-9,11-13H2,1H3. The van der Waals surface area contributed by atoms with Crippen LogP contribution in [0.15, 0.2) is 47.6 Å². The topological polar surface area (TPSA) is 101 Å². The third kappa shape index (κ3) is 4.74. The Kier molecular flexibility index (Phi) is 6.98. The predicted octanol–water partition coefficient (Wildman–Crippen LogP) is 4.15. The Morgan fingerprint density at radius 1 is 1.38 bits per heavy atom. The minimum Gasteiger partial charge on any atom is -0.360 e.